The molecule has 2 aromatic carbocycles. The summed E-state index contributed by atoms with van der Waals surface area (Å²) in [6.45, 7) is 3.77. The molecule has 0 heterocycles. The summed E-state index contributed by atoms with van der Waals surface area (Å²) in [4.78, 5) is 24.1. The Morgan fingerprint density at radius 1 is 1.28 bits per heavy atom. The Morgan fingerprint density at radius 2 is 2.00 bits per heavy atom. The number of nitro benzene ring substituents is 1. The molecule has 0 radical (unpaired) electrons. The monoisotopic (exact) mass is 360 g/mol. The van der Waals surface area contributed by atoms with Gasteiger partial charge in [0.05, 0.1) is 18.1 Å². The molecular formula is C18H20N2O4S. The quantitative estimate of drug-likeness (QED) is 0.476. The highest BCUT2D eigenvalue weighted by Crippen LogP contribution is 2.28. The molecule has 0 saturated carbocycles. The summed E-state index contributed by atoms with van der Waals surface area (Å²) >= 11 is 1.42. The van der Waals surface area contributed by atoms with E-state index >= 15 is 0 Å². The lowest BCUT2D eigenvalue weighted by Crippen LogP contribution is -2.27. The Morgan fingerprint density at radius 3 is 2.60 bits per heavy atom. The number of carbonyl (C=O) groups excluding carboxylic acids is 1. The zero-order valence-corrected chi connectivity index (χ0v) is 15.3. The first-order valence-corrected chi connectivity index (χ1v) is 8.87. The molecule has 1 N–H and O–H groups in total. The van der Waals surface area contributed by atoms with Gasteiger partial charge >= 0.3 is 0 Å². The zero-order valence-electron chi connectivity index (χ0n) is 14.5. The summed E-state index contributed by atoms with van der Waals surface area (Å²) in [5.74, 6) is 0.171. The molecule has 0 bridgehead atoms. The molecule has 1 amide bonds. The fourth-order valence-electron chi connectivity index (χ4n) is 2.53. The molecule has 25 heavy (non-hydrogen) atoms. The molecule has 2 aromatic rings. The van der Waals surface area contributed by atoms with Crippen molar-refractivity contribution in [2.75, 3.05) is 13.4 Å². The van der Waals surface area contributed by atoms with Crippen LogP contribution < -0.4 is 10.1 Å². The Bertz CT molecular complexity index is 808. The molecule has 0 aliphatic heterocycles. The van der Waals surface area contributed by atoms with Gasteiger partial charge in [-0.1, -0.05) is 17.7 Å². The second-order valence-corrected chi connectivity index (χ2v) is 6.46. The highest BCUT2D eigenvalue weighted by molar-refractivity contribution is 7.98. The van der Waals surface area contributed by atoms with Crippen molar-refractivity contribution in [1.29, 1.82) is 0 Å². The first-order valence-electron chi connectivity index (χ1n) is 7.65. The van der Waals surface area contributed by atoms with Crippen LogP contribution in [0.15, 0.2) is 41.3 Å². The normalized spacial score (nSPS) is 11.7. The molecule has 0 aliphatic rings. The van der Waals surface area contributed by atoms with Crippen molar-refractivity contribution in [3.63, 3.8) is 0 Å². The molecule has 1 unspecified atom stereocenters. The van der Waals surface area contributed by atoms with E-state index in [1.807, 2.05) is 38.3 Å². The van der Waals surface area contributed by atoms with Crippen LogP contribution in [0.2, 0.25) is 0 Å². The first kappa shape index (κ1) is 18.8. The minimum Gasteiger partial charge on any atom is -0.496 e. The summed E-state index contributed by atoms with van der Waals surface area (Å²) in [6, 6.07) is 9.85. The number of ether oxygens (including phenoxy) is 1. The number of nitrogens with one attached hydrogen (secondary N) is 1. The van der Waals surface area contributed by atoms with E-state index in [2.05, 4.69) is 5.32 Å². The number of benzene rings is 2. The van der Waals surface area contributed by atoms with Crippen molar-refractivity contribution in [3.05, 3.63) is 63.2 Å². The lowest BCUT2D eigenvalue weighted by atomic mass is 10.0. The van der Waals surface area contributed by atoms with E-state index in [4.69, 9.17) is 4.74 Å². The number of thioether (sulfide) groups is 1. The highest BCUT2D eigenvalue weighted by atomic mass is 32.2. The van der Waals surface area contributed by atoms with Crippen molar-refractivity contribution in [1.82, 2.24) is 5.32 Å². The third-order valence-corrected chi connectivity index (χ3v) is 4.57. The van der Waals surface area contributed by atoms with Crippen molar-refractivity contribution in [2.24, 2.45) is 0 Å². The van der Waals surface area contributed by atoms with Gasteiger partial charge < -0.3 is 10.1 Å². The van der Waals surface area contributed by atoms with E-state index < -0.39 is 10.8 Å². The minimum atomic E-state index is -0.545. The van der Waals surface area contributed by atoms with Gasteiger partial charge in [-0.05, 0) is 38.3 Å². The summed E-state index contributed by atoms with van der Waals surface area (Å²) < 4.78 is 5.34. The maximum absolute atomic E-state index is 12.6. The number of amides is 1. The number of hydrogen-bond donors (Lipinski definition) is 1. The summed E-state index contributed by atoms with van der Waals surface area (Å²) in [7, 11) is 1.56. The minimum absolute atomic E-state index is 0.0512. The molecule has 0 fully saturated rings. The van der Waals surface area contributed by atoms with Crippen LogP contribution in [-0.4, -0.2) is 24.2 Å². The fraction of sp³-hybridized carbons (Fsp3) is 0.278. The first-order chi connectivity index (χ1) is 11.9. The predicted octanol–water partition coefficient (Wildman–Crippen LogP) is 4.12. The van der Waals surface area contributed by atoms with E-state index in [1.165, 1.54) is 17.8 Å². The fourth-order valence-corrected chi connectivity index (χ4v) is 2.97. The lowest BCUT2D eigenvalue weighted by Gasteiger charge is -2.18. The molecule has 6 nitrogen and oxygen atoms in total. The molecule has 0 aliphatic carbocycles. The van der Waals surface area contributed by atoms with Crippen LogP contribution in [0.4, 0.5) is 5.69 Å². The van der Waals surface area contributed by atoms with Crippen molar-refractivity contribution in [3.8, 4) is 5.75 Å². The van der Waals surface area contributed by atoms with Crippen LogP contribution in [0.25, 0.3) is 0 Å². The summed E-state index contributed by atoms with van der Waals surface area (Å²) in [6.07, 6.45) is 1.85. The van der Waals surface area contributed by atoms with Gasteiger partial charge in [0.15, 0.2) is 0 Å². The standard InChI is InChI=1S/C18H20N2O4S/c1-11-5-8-17(24-3)14(9-11)12(2)19-18(21)15-10-13(25-4)6-7-16(15)20(22)23/h5-10,12H,1-4H3,(H,19,21). The Kier molecular flexibility index (Phi) is 6.03. The predicted molar refractivity (Wildman–Crippen MR) is 98.5 cm³/mol. The molecular weight excluding hydrogens is 340 g/mol. The van der Waals surface area contributed by atoms with E-state index in [0.717, 1.165) is 16.0 Å². The van der Waals surface area contributed by atoms with Crippen LogP contribution in [-0.2, 0) is 0 Å². The van der Waals surface area contributed by atoms with Crippen molar-refractivity contribution in [2.45, 2.75) is 24.8 Å². The van der Waals surface area contributed by atoms with Crippen molar-refractivity contribution >= 4 is 23.4 Å². The topological polar surface area (TPSA) is 81.5 Å². The average molecular weight is 360 g/mol. The molecule has 2 rings (SSSR count). The second-order valence-electron chi connectivity index (χ2n) is 5.58. The Balaban J connectivity index is 2.33. The molecule has 0 saturated heterocycles. The number of methoxy groups -OCH3 is 1. The second kappa shape index (κ2) is 8.02. The number of hydrogen-bond acceptors (Lipinski definition) is 5. The maximum atomic E-state index is 12.6. The average Bonchev–Trinajstić information content (AvgIpc) is 2.60. The summed E-state index contributed by atoms with van der Waals surface area (Å²) in [5.41, 5.74) is 1.70. The smallest absolute Gasteiger partial charge is 0.282 e. The Labute approximate surface area is 150 Å². The Hall–Kier alpha value is -2.54. The number of aryl methyl sites for hydroxylation is 1. The van der Waals surface area contributed by atoms with Crippen LogP contribution in [0.3, 0.4) is 0 Å². The molecule has 0 spiro atoms. The van der Waals surface area contributed by atoms with E-state index in [-0.39, 0.29) is 17.3 Å². The number of nitro groups is 1. The third-order valence-electron chi connectivity index (χ3n) is 3.84. The highest BCUT2D eigenvalue weighted by Gasteiger charge is 2.23. The van der Waals surface area contributed by atoms with Gasteiger partial charge in [-0.25, -0.2) is 0 Å². The zero-order chi connectivity index (χ0) is 18.6. The summed E-state index contributed by atoms with van der Waals surface area (Å²) in [5, 5.41) is 14.1. The molecule has 7 heteroatoms. The van der Waals surface area contributed by atoms with Gasteiger partial charge in [-0.3, -0.25) is 14.9 Å². The SMILES string of the molecule is COc1ccc(C)cc1C(C)NC(=O)c1cc(SC)ccc1[N+](=O)[O-]. The van der Waals surface area contributed by atoms with Gasteiger partial charge in [-0.2, -0.15) is 0 Å². The van der Waals surface area contributed by atoms with Crippen LogP contribution in [0.5, 0.6) is 5.75 Å². The third kappa shape index (κ3) is 4.30. The number of nitrogens with zero attached hydrogens (tertiary/aromatic N) is 1. The van der Waals surface area contributed by atoms with Gasteiger partial charge in [0, 0.05) is 16.5 Å². The maximum Gasteiger partial charge on any atom is 0.282 e. The van der Waals surface area contributed by atoms with Crippen LogP contribution in [0, 0.1) is 17.0 Å². The van der Waals surface area contributed by atoms with E-state index in [1.54, 1.807) is 19.2 Å². The lowest BCUT2D eigenvalue weighted by molar-refractivity contribution is -0.385. The molecule has 0 aromatic heterocycles. The molecule has 132 valence electrons. The van der Waals surface area contributed by atoms with Gasteiger partial charge in [0.25, 0.3) is 11.6 Å². The van der Waals surface area contributed by atoms with Crippen LogP contribution in [0.1, 0.15) is 34.5 Å². The van der Waals surface area contributed by atoms with Gasteiger partial charge in [0.2, 0.25) is 0 Å². The van der Waals surface area contributed by atoms with Crippen LogP contribution >= 0.6 is 11.8 Å². The largest absolute Gasteiger partial charge is 0.496 e. The van der Waals surface area contributed by atoms with Crippen molar-refractivity contribution < 1.29 is 14.5 Å². The van der Waals surface area contributed by atoms with Gasteiger partial charge in [-0.15, -0.1) is 11.8 Å². The van der Waals surface area contributed by atoms with E-state index in [9.17, 15) is 14.9 Å². The number of carbonyl (C=O) groups is 1. The molecule has 1 atom stereocenters. The number of rotatable bonds is 6. The van der Waals surface area contributed by atoms with Gasteiger partial charge in [0.1, 0.15) is 11.3 Å². The van der Waals surface area contributed by atoms with E-state index in [0.29, 0.717) is 5.75 Å².